The van der Waals surface area contributed by atoms with Crippen LogP contribution in [0.5, 0.6) is 5.75 Å². The smallest absolute Gasteiger partial charge is 0.273 e. The summed E-state index contributed by atoms with van der Waals surface area (Å²) in [6, 6.07) is 9.72. The minimum Gasteiger partial charge on any atom is -0.493 e. The second-order valence-corrected chi connectivity index (χ2v) is 6.87. The Morgan fingerprint density at radius 3 is 3.04 bits per heavy atom. The van der Waals surface area contributed by atoms with Crippen molar-refractivity contribution in [3.05, 3.63) is 53.5 Å². The number of fused-ring (bicyclic) bond motifs is 1. The first kappa shape index (κ1) is 17.3. The highest BCUT2D eigenvalue weighted by Gasteiger charge is 2.20. The molecule has 1 aliphatic rings. The second kappa shape index (κ2) is 7.26. The summed E-state index contributed by atoms with van der Waals surface area (Å²) in [5, 5.41) is 11.1. The lowest BCUT2D eigenvalue weighted by molar-refractivity contribution is 0.0936. The zero-order chi connectivity index (χ0) is 18.8. The van der Waals surface area contributed by atoms with Gasteiger partial charge in [-0.25, -0.2) is 0 Å². The molecule has 7 nitrogen and oxygen atoms in total. The molecule has 0 saturated heterocycles. The van der Waals surface area contributed by atoms with E-state index in [0.717, 1.165) is 29.8 Å². The number of carbonyl (C=O) groups excluding carboxylic acids is 1. The monoisotopic (exact) mass is 366 g/mol. The van der Waals surface area contributed by atoms with E-state index in [4.69, 9.17) is 9.26 Å². The Bertz CT molecular complexity index is 960. The molecule has 0 bridgehead atoms. The van der Waals surface area contributed by atoms with Crippen molar-refractivity contribution in [2.24, 2.45) is 13.0 Å². The first-order valence-electron chi connectivity index (χ1n) is 9.06. The highest BCUT2D eigenvalue weighted by molar-refractivity contribution is 5.93. The number of nitrogens with one attached hydrogen (secondary N) is 1. The van der Waals surface area contributed by atoms with Crippen molar-refractivity contribution in [3.63, 3.8) is 0 Å². The molecular weight excluding hydrogens is 344 g/mol. The van der Waals surface area contributed by atoms with Crippen molar-refractivity contribution in [2.45, 2.75) is 19.8 Å². The van der Waals surface area contributed by atoms with Gasteiger partial charge in [0.1, 0.15) is 5.75 Å². The fourth-order valence-electron chi connectivity index (χ4n) is 3.31. The Kier molecular flexibility index (Phi) is 4.66. The Morgan fingerprint density at radius 2 is 2.22 bits per heavy atom. The molecule has 1 aromatic carbocycles. The molecule has 0 spiro atoms. The summed E-state index contributed by atoms with van der Waals surface area (Å²) in [6.07, 6.45) is 3.49. The van der Waals surface area contributed by atoms with Crippen LogP contribution in [0.1, 0.15) is 28.2 Å². The maximum atomic E-state index is 12.5. The number of aromatic nitrogens is 3. The molecule has 1 amide bonds. The van der Waals surface area contributed by atoms with Gasteiger partial charge in [0.15, 0.2) is 11.5 Å². The number of hydrogen-bond donors (Lipinski definition) is 1. The third kappa shape index (κ3) is 3.58. The number of rotatable bonds is 4. The van der Waals surface area contributed by atoms with E-state index in [1.165, 1.54) is 5.56 Å². The zero-order valence-electron chi connectivity index (χ0n) is 15.4. The molecule has 0 aliphatic carbocycles. The molecule has 3 heterocycles. The van der Waals surface area contributed by atoms with Gasteiger partial charge in [0, 0.05) is 25.4 Å². The van der Waals surface area contributed by atoms with Crippen LogP contribution in [0.3, 0.4) is 0 Å². The van der Waals surface area contributed by atoms with Gasteiger partial charge in [0.05, 0.1) is 18.4 Å². The van der Waals surface area contributed by atoms with Crippen molar-refractivity contribution in [1.82, 2.24) is 20.3 Å². The van der Waals surface area contributed by atoms with Crippen molar-refractivity contribution in [2.75, 3.05) is 13.2 Å². The highest BCUT2D eigenvalue weighted by atomic mass is 16.5. The summed E-state index contributed by atoms with van der Waals surface area (Å²) in [6.45, 7) is 3.17. The highest BCUT2D eigenvalue weighted by Crippen LogP contribution is 2.26. The van der Waals surface area contributed by atoms with E-state index in [-0.39, 0.29) is 11.6 Å². The maximum absolute atomic E-state index is 12.5. The Hall–Kier alpha value is -3.09. The number of amides is 1. The van der Waals surface area contributed by atoms with Crippen molar-refractivity contribution < 1.29 is 14.1 Å². The lowest BCUT2D eigenvalue weighted by Crippen LogP contribution is -2.30. The number of aryl methyl sites for hydroxylation is 1. The first-order valence-corrected chi connectivity index (χ1v) is 9.06. The van der Waals surface area contributed by atoms with Gasteiger partial charge in [0.2, 0.25) is 0 Å². The fraction of sp³-hybridized carbons (Fsp3) is 0.350. The van der Waals surface area contributed by atoms with E-state index >= 15 is 0 Å². The Morgan fingerprint density at radius 1 is 1.37 bits per heavy atom. The summed E-state index contributed by atoms with van der Waals surface area (Å²) < 4.78 is 12.9. The van der Waals surface area contributed by atoms with Gasteiger partial charge in [-0.05, 0) is 37.3 Å². The van der Waals surface area contributed by atoms with Crippen LogP contribution >= 0.6 is 0 Å². The minimum atomic E-state index is -0.231. The van der Waals surface area contributed by atoms with E-state index in [9.17, 15) is 4.79 Å². The standard InChI is InChI=1S/C20H22N4O3/c1-13-16(12-22-24(13)2)19-10-17(23-27-19)20(25)21-11-14-7-8-26-18-6-4-3-5-15(18)9-14/h3-6,10,12,14H,7-9,11H2,1-2H3,(H,21,25)/t14-/m1/s1. The van der Waals surface area contributed by atoms with E-state index < -0.39 is 0 Å². The van der Waals surface area contributed by atoms with E-state index in [1.807, 2.05) is 32.2 Å². The zero-order valence-corrected chi connectivity index (χ0v) is 15.4. The predicted octanol–water partition coefficient (Wildman–Crippen LogP) is 2.75. The van der Waals surface area contributed by atoms with Gasteiger partial charge in [-0.15, -0.1) is 0 Å². The van der Waals surface area contributed by atoms with Crippen molar-refractivity contribution in [1.29, 1.82) is 0 Å². The van der Waals surface area contributed by atoms with Crippen molar-refractivity contribution in [3.8, 4) is 17.1 Å². The summed E-state index contributed by atoms with van der Waals surface area (Å²) in [5.74, 6) is 1.58. The normalized spacial score (nSPS) is 16.3. The average molecular weight is 366 g/mol. The summed E-state index contributed by atoms with van der Waals surface area (Å²) in [7, 11) is 1.86. The summed E-state index contributed by atoms with van der Waals surface area (Å²) in [4.78, 5) is 12.5. The molecule has 27 heavy (non-hydrogen) atoms. The van der Waals surface area contributed by atoms with Crippen LogP contribution in [-0.2, 0) is 13.5 Å². The van der Waals surface area contributed by atoms with Crippen LogP contribution in [0.4, 0.5) is 0 Å². The summed E-state index contributed by atoms with van der Waals surface area (Å²) in [5.41, 5.74) is 3.25. The quantitative estimate of drug-likeness (QED) is 0.768. The van der Waals surface area contributed by atoms with Gasteiger partial charge in [-0.3, -0.25) is 9.48 Å². The van der Waals surface area contributed by atoms with Crippen LogP contribution in [0, 0.1) is 12.8 Å². The molecule has 1 N–H and O–H groups in total. The molecule has 0 fully saturated rings. The van der Waals surface area contributed by atoms with E-state index in [0.29, 0.717) is 24.8 Å². The molecule has 0 unspecified atom stereocenters. The summed E-state index contributed by atoms with van der Waals surface area (Å²) >= 11 is 0. The maximum Gasteiger partial charge on any atom is 0.273 e. The molecule has 1 atom stereocenters. The molecule has 1 aliphatic heterocycles. The number of para-hydroxylation sites is 1. The second-order valence-electron chi connectivity index (χ2n) is 6.87. The molecule has 0 radical (unpaired) electrons. The van der Waals surface area contributed by atoms with Gasteiger partial charge < -0.3 is 14.6 Å². The number of carbonyl (C=O) groups is 1. The number of ether oxygens (including phenoxy) is 1. The SMILES string of the molecule is Cc1c(-c2cc(C(=O)NC[C@@H]3CCOc4ccccc4C3)no2)cnn1C. The molecule has 140 valence electrons. The molecule has 2 aromatic heterocycles. The third-order valence-corrected chi connectivity index (χ3v) is 5.06. The van der Waals surface area contributed by atoms with Gasteiger partial charge >= 0.3 is 0 Å². The lowest BCUT2D eigenvalue weighted by atomic mass is 9.97. The van der Waals surface area contributed by atoms with Gasteiger partial charge in [0.25, 0.3) is 5.91 Å². The minimum absolute atomic E-state index is 0.231. The predicted molar refractivity (Wildman–Crippen MR) is 99.5 cm³/mol. The topological polar surface area (TPSA) is 82.2 Å². The van der Waals surface area contributed by atoms with Crippen LogP contribution in [0.2, 0.25) is 0 Å². The van der Waals surface area contributed by atoms with Crippen molar-refractivity contribution >= 4 is 5.91 Å². The number of benzene rings is 1. The van der Waals surface area contributed by atoms with Crippen LogP contribution in [0.15, 0.2) is 41.1 Å². The van der Waals surface area contributed by atoms with Gasteiger partial charge in [-0.2, -0.15) is 5.10 Å². The molecular formula is C20H22N4O3. The van der Waals surface area contributed by atoms with E-state index in [1.54, 1.807) is 16.9 Å². The molecule has 7 heteroatoms. The first-order chi connectivity index (χ1) is 13.1. The lowest BCUT2D eigenvalue weighted by Gasteiger charge is -2.13. The molecule has 3 aromatic rings. The Labute approximate surface area is 157 Å². The number of nitrogens with zero attached hydrogens (tertiary/aromatic N) is 3. The molecule has 0 saturated carbocycles. The van der Waals surface area contributed by atoms with E-state index in [2.05, 4.69) is 21.6 Å². The largest absolute Gasteiger partial charge is 0.493 e. The molecule has 4 rings (SSSR count). The average Bonchev–Trinajstić information content (AvgIpc) is 3.21. The van der Waals surface area contributed by atoms with Crippen LogP contribution in [0.25, 0.3) is 11.3 Å². The Balaban J connectivity index is 1.39. The number of hydrogen-bond acceptors (Lipinski definition) is 5. The fourth-order valence-corrected chi connectivity index (χ4v) is 3.31. The van der Waals surface area contributed by atoms with Gasteiger partial charge in [-0.1, -0.05) is 23.4 Å². The van der Waals surface area contributed by atoms with Crippen LogP contribution in [-0.4, -0.2) is 34.0 Å². The van der Waals surface area contributed by atoms with Crippen LogP contribution < -0.4 is 10.1 Å². The third-order valence-electron chi connectivity index (χ3n) is 5.06.